The van der Waals surface area contributed by atoms with Gasteiger partial charge in [-0.15, -0.1) is 0 Å². The molecule has 0 aliphatic heterocycles. The number of carbonyl (C=O) groups is 3. The van der Waals surface area contributed by atoms with Gasteiger partial charge in [0.15, 0.2) is 5.60 Å². The van der Waals surface area contributed by atoms with E-state index >= 15 is 0 Å². The normalized spacial score (nSPS) is 13.3. The standard InChI is InChI=1S/C10H14O7/c1-3-7(11)16-4-5-17-8(12)6-10(2,15)9(13)14/h3,15H,1,4-6H2,2H3,(H,13,14). The molecular formula is C10H14O7. The second kappa shape index (κ2) is 6.64. The van der Waals surface area contributed by atoms with Crippen molar-refractivity contribution in [2.24, 2.45) is 0 Å². The molecule has 7 nitrogen and oxygen atoms in total. The molecule has 0 amide bonds. The Morgan fingerprint density at radius 1 is 1.29 bits per heavy atom. The third kappa shape index (κ3) is 6.31. The van der Waals surface area contributed by atoms with E-state index in [-0.39, 0.29) is 13.2 Å². The van der Waals surface area contributed by atoms with Crippen LogP contribution in [0.25, 0.3) is 0 Å². The first kappa shape index (κ1) is 15.1. The quantitative estimate of drug-likeness (QED) is 0.353. The molecule has 7 heteroatoms. The van der Waals surface area contributed by atoms with Crippen LogP contribution >= 0.6 is 0 Å². The zero-order valence-corrected chi connectivity index (χ0v) is 9.34. The molecule has 0 bridgehead atoms. The summed E-state index contributed by atoms with van der Waals surface area (Å²) < 4.78 is 9.06. The highest BCUT2D eigenvalue weighted by Gasteiger charge is 2.33. The van der Waals surface area contributed by atoms with Crippen molar-refractivity contribution in [3.05, 3.63) is 12.7 Å². The molecule has 0 aliphatic rings. The van der Waals surface area contributed by atoms with Gasteiger partial charge in [0, 0.05) is 6.08 Å². The van der Waals surface area contributed by atoms with Gasteiger partial charge >= 0.3 is 17.9 Å². The van der Waals surface area contributed by atoms with Crippen LogP contribution in [0.4, 0.5) is 0 Å². The lowest BCUT2D eigenvalue weighted by Gasteiger charge is -2.16. The molecular weight excluding hydrogens is 232 g/mol. The summed E-state index contributed by atoms with van der Waals surface area (Å²) in [6.45, 7) is 3.77. The van der Waals surface area contributed by atoms with Gasteiger partial charge in [-0.1, -0.05) is 6.58 Å². The first-order valence-corrected chi connectivity index (χ1v) is 4.70. The van der Waals surface area contributed by atoms with Crippen molar-refractivity contribution >= 4 is 17.9 Å². The number of carboxylic acids is 1. The molecule has 0 fully saturated rings. The second-order valence-electron chi connectivity index (χ2n) is 3.35. The summed E-state index contributed by atoms with van der Waals surface area (Å²) in [5, 5.41) is 17.8. The van der Waals surface area contributed by atoms with Gasteiger partial charge in [0.05, 0.1) is 6.42 Å². The van der Waals surface area contributed by atoms with Gasteiger partial charge in [0.25, 0.3) is 0 Å². The Hall–Kier alpha value is -1.89. The maximum Gasteiger partial charge on any atom is 0.335 e. The third-order valence-corrected chi connectivity index (χ3v) is 1.71. The van der Waals surface area contributed by atoms with E-state index in [9.17, 15) is 19.5 Å². The Bertz CT molecular complexity index is 319. The van der Waals surface area contributed by atoms with Gasteiger partial charge in [0.1, 0.15) is 13.2 Å². The first-order valence-electron chi connectivity index (χ1n) is 4.70. The molecule has 0 heterocycles. The Kier molecular flexibility index (Phi) is 5.90. The lowest BCUT2D eigenvalue weighted by Crippen LogP contribution is -2.37. The molecule has 0 aromatic rings. The molecule has 0 rings (SSSR count). The van der Waals surface area contributed by atoms with Crippen molar-refractivity contribution in [1.82, 2.24) is 0 Å². The largest absolute Gasteiger partial charge is 0.479 e. The number of rotatable bonds is 7. The number of esters is 2. The number of ether oxygens (including phenoxy) is 2. The predicted octanol–water partition coefficient (Wildman–Crippen LogP) is -0.516. The van der Waals surface area contributed by atoms with Crippen molar-refractivity contribution < 1.29 is 34.1 Å². The maximum atomic E-state index is 11.1. The molecule has 0 spiro atoms. The Morgan fingerprint density at radius 2 is 1.82 bits per heavy atom. The predicted molar refractivity (Wildman–Crippen MR) is 55.0 cm³/mol. The molecule has 0 aliphatic carbocycles. The zero-order valence-electron chi connectivity index (χ0n) is 9.34. The van der Waals surface area contributed by atoms with E-state index in [4.69, 9.17) is 5.11 Å². The van der Waals surface area contributed by atoms with E-state index in [0.29, 0.717) is 0 Å². The molecule has 0 saturated heterocycles. The lowest BCUT2D eigenvalue weighted by molar-refractivity contribution is -0.166. The van der Waals surface area contributed by atoms with Crippen LogP contribution in [0.3, 0.4) is 0 Å². The fourth-order valence-electron chi connectivity index (χ4n) is 0.764. The summed E-state index contributed by atoms with van der Waals surface area (Å²) in [4.78, 5) is 32.1. The smallest absolute Gasteiger partial charge is 0.335 e. The van der Waals surface area contributed by atoms with Crippen molar-refractivity contribution in [2.75, 3.05) is 13.2 Å². The van der Waals surface area contributed by atoms with Gasteiger partial charge in [-0.2, -0.15) is 0 Å². The topological polar surface area (TPSA) is 110 Å². The van der Waals surface area contributed by atoms with E-state index in [1.807, 2.05) is 0 Å². The average Bonchev–Trinajstić information content (AvgIpc) is 2.23. The van der Waals surface area contributed by atoms with Crippen molar-refractivity contribution in [1.29, 1.82) is 0 Å². The summed E-state index contributed by atoms with van der Waals surface area (Å²) in [6, 6.07) is 0. The van der Waals surface area contributed by atoms with Crippen LogP contribution in [0.15, 0.2) is 12.7 Å². The van der Waals surface area contributed by atoms with Crippen molar-refractivity contribution in [3.8, 4) is 0 Å². The number of hydrogen-bond donors (Lipinski definition) is 2. The number of aliphatic carboxylic acids is 1. The highest BCUT2D eigenvalue weighted by atomic mass is 16.6. The first-order chi connectivity index (χ1) is 7.79. The number of carbonyl (C=O) groups excluding carboxylic acids is 2. The summed E-state index contributed by atoms with van der Waals surface area (Å²) in [5.74, 6) is -3.07. The van der Waals surface area contributed by atoms with Crippen LogP contribution < -0.4 is 0 Å². The summed E-state index contributed by atoms with van der Waals surface area (Å²) in [7, 11) is 0. The summed E-state index contributed by atoms with van der Waals surface area (Å²) in [5.41, 5.74) is -2.17. The Labute approximate surface area is 97.6 Å². The maximum absolute atomic E-state index is 11.1. The SMILES string of the molecule is C=CC(=O)OCCOC(=O)CC(C)(O)C(=O)O. The van der Waals surface area contributed by atoms with Gasteiger partial charge in [-0.25, -0.2) is 9.59 Å². The second-order valence-corrected chi connectivity index (χ2v) is 3.35. The monoisotopic (exact) mass is 246 g/mol. The van der Waals surface area contributed by atoms with Crippen LogP contribution in [-0.2, 0) is 23.9 Å². The van der Waals surface area contributed by atoms with Crippen LogP contribution in [0.5, 0.6) is 0 Å². The Morgan fingerprint density at radius 3 is 2.29 bits per heavy atom. The minimum atomic E-state index is -2.17. The number of hydrogen-bond acceptors (Lipinski definition) is 6. The highest BCUT2D eigenvalue weighted by molar-refractivity contribution is 5.83. The number of carboxylic acid groups (broad SMARTS) is 1. The zero-order chi connectivity index (χ0) is 13.5. The van der Waals surface area contributed by atoms with Crippen LogP contribution in [0.2, 0.25) is 0 Å². The molecule has 0 saturated carbocycles. The molecule has 17 heavy (non-hydrogen) atoms. The average molecular weight is 246 g/mol. The fourth-order valence-corrected chi connectivity index (χ4v) is 0.764. The summed E-state index contributed by atoms with van der Waals surface area (Å²) in [6.07, 6.45) is 0.273. The van der Waals surface area contributed by atoms with Gasteiger partial charge in [-0.05, 0) is 6.92 Å². The highest BCUT2D eigenvalue weighted by Crippen LogP contribution is 2.10. The fraction of sp³-hybridized carbons (Fsp3) is 0.500. The van der Waals surface area contributed by atoms with Crippen molar-refractivity contribution in [2.45, 2.75) is 18.9 Å². The Balaban J connectivity index is 3.85. The van der Waals surface area contributed by atoms with E-state index in [1.165, 1.54) is 0 Å². The van der Waals surface area contributed by atoms with Crippen LogP contribution in [0.1, 0.15) is 13.3 Å². The molecule has 1 unspecified atom stereocenters. The van der Waals surface area contributed by atoms with Gasteiger partial charge < -0.3 is 19.7 Å². The molecule has 1 atom stereocenters. The van der Waals surface area contributed by atoms with E-state index in [1.54, 1.807) is 0 Å². The molecule has 0 aromatic heterocycles. The molecule has 2 N–H and O–H groups in total. The lowest BCUT2D eigenvalue weighted by atomic mass is 10.0. The van der Waals surface area contributed by atoms with Crippen LogP contribution in [0, 0.1) is 0 Å². The van der Waals surface area contributed by atoms with Gasteiger partial charge in [-0.3, -0.25) is 4.79 Å². The van der Waals surface area contributed by atoms with Crippen molar-refractivity contribution in [3.63, 3.8) is 0 Å². The van der Waals surface area contributed by atoms with Crippen LogP contribution in [-0.4, -0.2) is 46.9 Å². The molecule has 0 radical (unpaired) electrons. The third-order valence-electron chi connectivity index (χ3n) is 1.71. The summed E-state index contributed by atoms with van der Waals surface area (Å²) >= 11 is 0. The molecule has 0 aromatic carbocycles. The van der Waals surface area contributed by atoms with E-state index in [2.05, 4.69) is 16.1 Å². The van der Waals surface area contributed by atoms with Gasteiger partial charge in [0.2, 0.25) is 0 Å². The van der Waals surface area contributed by atoms with E-state index < -0.39 is 29.9 Å². The minimum absolute atomic E-state index is 0.161. The minimum Gasteiger partial charge on any atom is -0.479 e. The van der Waals surface area contributed by atoms with E-state index in [0.717, 1.165) is 13.0 Å². The number of aliphatic hydroxyl groups is 1. The molecule has 96 valence electrons.